The van der Waals surface area contributed by atoms with E-state index < -0.39 is 17.2 Å². The minimum atomic E-state index is -3.75. The molecule has 22 heavy (non-hydrogen) atoms. The first kappa shape index (κ1) is 17.6. The average Bonchev–Trinajstić information content (AvgIpc) is 2.47. The van der Waals surface area contributed by atoms with Gasteiger partial charge in [-0.25, -0.2) is 13.4 Å². The third kappa shape index (κ3) is 3.95. The number of carbonyl (C=O) groups is 1. The van der Waals surface area contributed by atoms with Crippen molar-refractivity contribution in [3.05, 3.63) is 54.2 Å². The Bertz CT molecular complexity index is 790. The van der Waals surface area contributed by atoms with Gasteiger partial charge in [0.05, 0.1) is 4.90 Å². The number of amides is 1. The number of pyridine rings is 1. The Morgan fingerprint density at radius 3 is 2.41 bits per heavy atom. The molecule has 1 N–H and O–H groups in total. The molecule has 1 amide bonds. The Hall–Kier alpha value is -0.770. The molecule has 0 atom stereocenters. The summed E-state index contributed by atoms with van der Waals surface area (Å²) in [6, 6.07) is 10.8. The maximum absolute atomic E-state index is 12.3. The molecule has 2 aromatic rings. The summed E-state index contributed by atoms with van der Waals surface area (Å²) in [5.41, 5.74) is 0.212. The van der Waals surface area contributed by atoms with Crippen LogP contribution in [-0.4, -0.2) is 20.8 Å². The Morgan fingerprint density at radius 1 is 1.09 bits per heavy atom. The van der Waals surface area contributed by atoms with Gasteiger partial charge >= 0.3 is 0 Å². The van der Waals surface area contributed by atoms with Crippen molar-refractivity contribution in [3.63, 3.8) is 0 Å². The predicted octanol–water partition coefficient (Wildman–Crippen LogP) is 3.90. The summed E-state index contributed by atoms with van der Waals surface area (Å²) in [6.45, 7) is 0. The van der Waals surface area contributed by atoms with E-state index in [0.717, 1.165) is 0 Å². The Morgan fingerprint density at radius 2 is 1.82 bits per heavy atom. The standard InChI is InChI=1S/C13H9Br3N2O3S/c14-13(15,16)22(20,21)10-5-3-4-9(8-10)12(19)18-11-6-1-2-7-17-11/h1-8H,(H,17,18,19). The fraction of sp³-hybridized carbons (Fsp3) is 0.0769. The van der Waals surface area contributed by atoms with Gasteiger partial charge in [0.25, 0.3) is 5.91 Å². The molecule has 0 bridgehead atoms. The molecule has 0 aliphatic carbocycles. The topological polar surface area (TPSA) is 76.1 Å². The highest BCUT2D eigenvalue weighted by Gasteiger charge is 2.37. The van der Waals surface area contributed by atoms with Gasteiger partial charge in [0.2, 0.25) is 11.3 Å². The highest BCUT2D eigenvalue weighted by Crippen LogP contribution is 2.43. The van der Waals surface area contributed by atoms with Crippen molar-refractivity contribution >= 4 is 69.4 Å². The number of alkyl halides is 3. The van der Waals surface area contributed by atoms with Gasteiger partial charge in [0, 0.05) is 11.8 Å². The maximum atomic E-state index is 12.3. The number of carbonyl (C=O) groups excluding carboxylic acids is 1. The summed E-state index contributed by atoms with van der Waals surface area (Å²) in [5.74, 6) is -0.0587. The lowest BCUT2D eigenvalue weighted by molar-refractivity contribution is 0.102. The molecule has 1 heterocycles. The van der Waals surface area contributed by atoms with Crippen LogP contribution in [0.25, 0.3) is 0 Å². The molecule has 0 saturated heterocycles. The van der Waals surface area contributed by atoms with Crippen LogP contribution < -0.4 is 5.32 Å². The van der Waals surface area contributed by atoms with Gasteiger partial charge in [-0.05, 0) is 78.1 Å². The molecule has 0 fully saturated rings. The molecule has 9 heteroatoms. The third-order valence-corrected chi connectivity index (χ3v) is 7.94. The van der Waals surface area contributed by atoms with Crippen LogP contribution in [-0.2, 0) is 9.84 Å². The van der Waals surface area contributed by atoms with Crippen molar-refractivity contribution in [1.82, 2.24) is 4.98 Å². The lowest BCUT2D eigenvalue weighted by Gasteiger charge is -2.14. The minimum Gasteiger partial charge on any atom is -0.307 e. The molecule has 0 saturated carbocycles. The molecule has 0 aliphatic heterocycles. The zero-order chi connectivity index (χ0) is 16.4. The second-order valence-electron chi connectivity index (χ2n) is 4.15. The van der Waals surface area contributed by atoms with E-state index in [1.807, 2.05) is 0 Å². The van der Waals surface area contributed by atoms with Crippen LogP contribution in [0.5, 0.6) is 0 Å². The normalized spacial score (nSPS) is 12.0. The van der Waals surface area contributed by atoms with Gasteiger partial charge in [0.1, 0.15) is 5.82 Å². The number of hydrogen-bond donors (Lipinski definition) is 1. The SMILES string of the molecule is O=C(Nc1ccccn1)c1cccc(S(=O)(=O)C(Br)(Br)Br)c1. The summed E-state index contributed by atoms with van der Waals surface area (Å²) >= 11 is 8.96. The highest BCUT2D eigenvalue weighted by atomic mass is 80.0. The van der Waals surface area contributed by atoms with Crippen molar-refractivity contribution in [3.8, 4) is 0 Å². The molecule has 116 valence electrons. The van der Waals surface area contributed by atoms with Gasteiger partial charge < -0.3 is 5.32 Å². The van der Waals surface area contributed by atoms with E-state index in [4.69, 9.17) is 0 Å². The summed E-state index contributed by atoms with van der Waals surface area (Å²) in [6.07, 6.45) is 1.55. The molecule has 5 nitrogen and oxygen atoms in total. The van der Waals surface area contributed by atoms with Crippen molar-refractivity contribution in [1.29, 1.82) is 0 Å². The molecular formula is C13H9Br3N2O3S. The van der Waals surface area contributed by atoms with Crippen molar-refractivity contribution in [2.75, 3.05) is 5.32 Å². The number of nitrogens with one attached hydrogen (secondary N) is 1. The number of nitrogens with zero attached hydrogens (tertiary/aromatic N) is 1. The van der Waals surface area contributed by atoms with Crippen molar-refractivity contribution in [2.24, 2.45) is 0 Å². The Balaban J connectivity index is 2.31. The smallest absolute Gasteiger partial charge is 0.256 e. The van der Waals surface area contributed by atoms with Gasteiger partial charge in [-0.2, -0.15) is 0 Å². The quantitative estimate of drug-likeness (QED) is 0.633. The summed E-state index contributed by atoms with van der Waals surface area (Å²) < 4.78 is 23.1. The van der Waals surface area contributed by atoms with Gasteiger partial charge in [-0.1, -0.05) is 12.1 Å². The predicted molar refractivity (Wildman–Crippen MR) is 95.3 cm³/mol. The van der Waals surface area contributed by atoms with Crippen LogP contribution in [0.3, 0.4) is 0 Å². The van der Waals surface area contributed by atoms with E-state index in [1.165, 1.54) is 24.3 Å². The van der Waals surface area contributed by atoms with Crippen LogP contribution in [0, 0.1) is 0 Å². The first-order chi connectivity index (χ1) is 10.2. The number of benzene rings is 1. The van der Waals surface area contributed by atoms with Crippen LogP contribution in [0.4, 0.5) is 5.82 Å². The minimum absolute atomic E-state index is 0.00760. The maximum Gasteiger partial charge on any atom is 0.256 e. The first-order valence-corrected chi connectivity index (χ1v) is 9.72. The van der Waals surface area contributed by atoms with Crippen LogP contribution in [0.15, 0.2) is 53.6 Å². The molecule has 0 unspecified atom stereocenters. The van der Waals surface area contributed by atoms with Crippen LogP contribution in [0.2, 0.25) is 0 Å². The van der Waals surface area contributed by atoms with Crippen LogP contribution >= 0.6 is 47.8 Å². The fourth-order valence-electron chi connectivity index (χ4n) is 1.56. The number of sulfone groups is 1. The van der Waals surface area contributed by atoms with E-state index in [1.54, 1.807) is 24.4 Å². The first-order valence-electron chi connectivity index (χ1n) is 5.85. The molecule has 2 rings (SSSR count). The number of aromatic nitrogens is 1. The lowest BCUT2D eigenvalue weighted by atomic mass is 10.2. The monoisotopic (exact) mass is 510 g/mol. The number of anilines is 1. The zero-order valence-corrected chi connectivity index (χ0v) is 16.4. The van der Waals surface area contributed by atoms with E-state index >= 15 is 0 Å². The Labute approximate surface area is 152 Å². The average molecular weight is 513 g/mol. The number of rotatable bonds is 3. The second kappa shape index (κ2) is 6.77. The number of hydrogen-bond acceptors (Lipinski definition) is 4. The lowest BCUT2D eigenvalue weighted by Crippen LogP contribution is -2.19. The molecule has 0 spiro atoms. The van der Waals surface area contributed by atoms with E-state index in [0.29, 0.717) is 5.82 Å². The molecule has 1 aromatic heterocycles. The summed E-state index contributed by atoms with van der Waals surface area (Å²) in [4.78, 5) is 16.1. The second-order valence-corrected chi connectivity index (χ2v) is 14.6. The van der Waals surface area contributed by atoms with Crippen molar-refractivity contribution in [2.45, 2.75) is 6.37 Å². The van der Waals surface area contributed by atoms with Gasteiger partial charge in [-0.3, -0.25) is 4.79 Å². The Kier molecular flexibility index (Phi) is 5.41. The molecule has 0 aliphatic rings. The van der Waals surface area contributed by atoms with E-state index in [9.17, 15) is 13.2 Å². The zero-order valence-electron chi connectivity index (χ0n) is 10.8. The highest BCUT2D eigenvalue weighted by molar-refractivity contribution is 9.42. The van der Waals surface area contributed by atoms with Gasteiger partial charge in [-0.15, -0.1) is 0 Å². The third-order valence-electron chi connectivity index (χ3n) is 2.62. The van der Waals surface area contributed by atoms with E-state index in [-0.39, 0.29) is 10.5 Å². The summed E-state index contributed by atoms with van der Waals surface area (Å²) in [5, 5.41) is 2.60. The molecule has 1 aromatic carbocycles. The molecular weight excluding hydrogens is 504 g/mol. The largest absolute Gasteiger partial charge is 0.307 e. The molecule has 0 radical (unpaired) electrons. The van der Waals surface area contributed by atoms with Gasteiger partial charge in [0.15, 0.2) is 0 Å². The fourth-order valence-corrected chi connectivity index (χ4v) is 4.05. The van der Waals surface area contributed by atoms with Crippen molar-refractivity contribution < 1.29 is 13.2 Å². The summed E-state index contributed by atoms with van der Waals surface area (Å²) in [7, 11) is -3.75. The van der Waals surface area contributed by atoms with E-state index in [2.05, 4.69) is 58.1 Å². The van der Waals surface area contributed by atoms with Crippen LogP contribution in [0.1, 0.15) is 10.4 Å². The number of halogens is 3.